The second kappa shape index (κ2) is 6.05. The monoisotopic (exact) mass is 347 g/mol. The fraction of sp³-hybridized carbons (Fsp3) is 0.190. The van der Waals surface area contributed by atoms with E-state index in [9.17, 15) is 0 Å². The van der Waals surface area contributed by atoms with Crippen molar-refractivity contribution in [3.8, 4) is 22.5 Å². The van der Waals surface area contributed by atoms with Crippen molar-refractivity contribution in [3.05, 3.63) is 65.2 Å². The van der Waals surface area contributed by atoms with E-state index in [1.54, 1.807) is 11.3 Å². The molecule has 4 rings (SSSR count). The topological polar surface area (TPSA) is 43.3 Å². The second-order valence-corrected chi connectivity index (χ2v) is 7.87. The molecule has 4 aromatic rings. The van der Waals surface area contributed by atoms with Crippen LogP contribution in [-0.4, -0.2) is 9.38 Å². The zero-order valence-corrected chi connectivity index (χ0v) is 15.5. The van der Waals surface area contributed by atoms with Crippen LogP contribution in [0.4, 0.5) is 5.69 Å². The summed E-state index contributed by atoms with van der Waals surface area (Å²) in [6.07, 6.45) is 2.12. The smallest absolute Gasteiger partial charge is 0.194 e. The summed E-state index contributed by atoms with van der Waals surface area (Å²) in [6.45, 7) is 6.60. The van der Waals surface area contributed by atoms with E-state index in [0.29, 0.717) is 5.92 Å². The molecule has 2 aromatic carbocycles. The van der Waals surface area contributed by atoms with Crippen LogP contribution in [0.2, 0.25) is 0 Å². The number of hydrogen-bond acceptors (Lipinski definition) is 3. The van der Waals surface area contributed by atoms with Gasteiger partial charge in [-0.15, -0.1) is 11.3 Å². The summed E-state index contributed by atoms with van der Waals surface area (Å²) in [5.41, 5.74) is 12.4. The number of nitrogens with zero attached hydrogens (tertiary/aromatic N) is 2. The number of thiazole rings is 1. The number of anilines is 1. The molecule has 4 heteroatoms. The average molecular weight is 347 g/mol. The van der Waals surface area contributed by atoms with Crippen molar-refractivity contribution in [2.24, 2.45) is 0 Å². The lowest BCUT2D eigenvalue weighted by molar-refractivity contribution is 0.867. The van der Waals surface area contributed by atoms with Crippen molar-refractivity contribution < 1.29 is 0 Å². The predicted molar refractivity (Wildman–Crippen MR) is 107 cm³/mol. The molecule has 0 aliphatic heterocycles. The molecule has 3 nitrogen and oxygen atoms in total. The molecular weight excluding hydrogens is 326 g/mol. The number of aromatic nitrogens is 2. The lowest BCUT2D eigenvalue weighted by Crippen LogP contribution is -1.90. The van der Waals surface area contributed by atoms with Crippen LogP contribution in [0.1, 0.15) is 30.2 Å². The van der Waals surface area contributed by atoms with Crippen molar-refractivity contribution in [3.63, 3.8) is 0 Å². The normalized spacial score (nSPS) is 11.5. The van der Waals surface area contributed by atoms with Gasteiger partial charge < -0.3 is 5.73 Å². The average Bonchev–Trinajstić information content (AvgIpc) is 3.12. The highest BCUT2D eigenvalue weighted by atomic mass is 32.1. The van der Waals surface area contributed by atoms with Crippen LogP contribution in [0, 0.1) is 6.92 Å². The van der Waals surface area contributed by atoms with Crippen molar-refractivity contribution in [1.29, 1.82) is 0 Å². The number of fused-ring (bicyclic) bond motifs is 1. The van der Waals surface area contributed by atoms with Gasteiger partial charge in [0.15, 0.2) is 4.96 Å². The Labute approximate surface area is 151 Å². The SMILES string of the molecule is Cc1sc2nc(-c3ccc(N)cc3)cn2c1-c1ccc(C(C)C)cc1. The first-order valence-corrected chi connectivity index (χ1v) is 9.29. The number of hydrogen-bond donors (Lipinski definition) is 1. The van der Waals surface area contributed by atoms with Crippen LogP contribution in [-0.2, 0) is 0 Å². The molecule has 0 saturated heterocycles. The Bertz CT molecular complexity index is 1020. The lowest BCUT2D eigenvalue weighted by atomic mass is 10.0. The number of aryl methyl sites for hydroxylation is 1. The molecule has 0 atom stereocenters. The molecule has 0 amide bonds. The van der Waals surface area contributed by atoms with E-state index in [1.165, 1.54) is 21.7 Å². The first-order valence-electron chi connectivity index (χ1n) is 8.47. The lowest BCUT2D eigenvalue weighted by Gasteiger charge is -2.07. The largest absolute Gasteiger partial charge is 0.399 e. The molecule has 126 valence electrons. The Hall–Kier alpha value is -2.59. The van der Waals surface area contributed by atoms with E-state index in [2.05, 4.69) is 55.6 Å². The molecule has 0 fully saturated rings. The summed E-state index contributed by atoms with van der Waals surface area (Å²) in [7, 11) is 0. The molecule has 2 aromatic heterocycles. The molecule has 0 unspecified atom stereocenters. The predicted octanol–water partition coefficient (Wildman–Crippen LogP) is 5.74. The quantitative estimate of drug-likeness (QED) is 0.480. The fourth-order valence-corrected chi connectivity index (χ4v) is 4.08. The van der Waals surface area contributed by atoms with Gasteiger partial charge in [-0.25, -0.2) is 4.98 Å². The molecule has 2 N–H and O–H groups in total. The van der Waals surface area contributed by atoms with Gasteiger partial charge in [-0.05, 0) is 36.1 Å². The minimum Gasteiger partial charge on any atom is -0.399 e. The minimum atomic E-state index is 0.544. The Kier molecular flexibility index (Phi) is 3.85. The van der Waals surface area contributed by atoms with Gasteiger partial charge in [-0.2, -0.15) is 0 Å². The zero-order chi connectivity index (χ0) is 17.6. The highest BCUT2D eigenvalue weighted by Crippen LogP contribution is 2.34. The van der Waals surface area contributed by atoms with Gasteiger partial charge in [0.05, 0.1) is 11.4 Å². The maximum absolute atomic E-state index is 5.79. The number of benzene rings is 2. The summed E-state index contributed by atoms with van der Waals surface area (Å²) in [6, 6.07) is 16.7. The molecule has 0 spiro atoms. The first kappa shape index (κ1) is 15.9. The standard InChI is InChI=1S/C21H21N3S/c1-13(2)15-4-6-17(7-5-15)20-14(3)25-21-23-19(12-24(20)21)16-8-10-18(22)11-9-16/h4-13H,22H2,1-3H3. The molecule has 25 heavy (non-hydrogen) atoms. The van der Waals surface area contributed by atoms with Crippen LogP contribution in [0.3, 0.4) is 0 Å². The van der Waals surface area contributed by atoms with Gasteiger partial charge in [-0.3, -0.25) is 4.40 Å². The third-order valence-electron chi connectivity index (χ3n) is 4.55. The molecule has 0 radical (unpaired) electrons. The van der Waals surface area contributed by atoms with Gasteiger partial charge in [0.25, 0.3) is 0 Å². The van der Waals surface area contributed by atoms with Gasteiger partial charge in [0, 0.05) is 22.3 Å². The number of imidazole rings is 1. The molecule has 2 heterocycles. The first-order chi connectivity index (χ1) is 12.0. The summed E-state index contributed by atoms with van der Waals surface area (Å²) >= 11 is 1.73. The summed E-state index contributed by atoms with van der Waals surface area (Å²) < 4.78 is 2.20. The van der Waals surface area contributed by atoms with E-state index in [0.717, 1.165) is 21.9 Å². The number of nitrogen functional groups attached to an aromatic ring is 1. The fourth-order valence-electron chi connectivity index (χ4n) is 3.11. The third-order valence-corrected chi connectivity index (χ3v) is 5.52. The third kappa shape index (κ3) is 2.83. The van der Waals surface area contributed by atoms with E-state index >= 15 is 0 Å². The van der Waals surface area contributed by atoms with Crippen molar-refractivity contribution in [1.82, 2.24) is 9.38 Å². The molecular formula is C21H21N3S. The summed E-state index contributed by atoms with van der Waals surface area (Å²) in [5.74, 6) is 0.544. The van der Waals surface area contributed by atoms with Crippen LogP contribution in [0.15, 0.2) is 54.7 Å². The minimum absolute atomic E-state index is 0.544. The van der Waals surface area contributed by atoms with E-state index in [4.69, 9.17) is 10.7 Å². The Morgan fingerprint density at radius 3 is 2.24 bits per heavy atom. The number of rotatable bonds is 3. The van der Waals surface area contributed by atoms with E-state index in [-0.39, 0.29) is 0 Å². The summed E-state index contributed by atoms with van der Waals surface area (Å²) in [4.78, 5) is 7.11. The molecule has 0 aliphatic carbocycles. The van der Waals surface area contributed by atoms with Crippen molar-refractivity contribution in [2.45, 2.75) is 26.7 Å². The Morgan fingerprint density at radius 2 is 1.60 bits per heavy atom. The van der Waals surface area contributed by atoms with Crippen LogP contribution >= 0.6 is 11.3 Å². The molecule has 0 saturated carbocycles. The van der Waals surface area contributed by atoms with Crippen LogP contribution in [0.25, 0.3) is 27.5 Å². The van der Waals surface area contributed by atoms with Gasteiger partial charge in [0.2, 0.25) is 0 Å². The number of nitrogens with two attached hydrogens (primary N) is 1. The van der Waals surface area contributed by atoms with Crippen molar-refractivity contribution in [2.75, 3.05) is 5.73 Å². The maximum Gasteiger partial charge on any atom is 0.194 e. The van der Waals surface area contributed by atoms with Gasteiger partial charge in [0.1, 0.15) is 0 Å². The molecule has 0 aliphatic rings. The second-order valence-electron chi connectivity index (χ2n) is 6.68. The highest BCUT2D eigenvalue weighted by molar-refractivity contribution is 7.17. The van der Waals surface area contributed by atoms with Crippen LogP contribution < -0.4 is 5.73 Å². The van der Waals surface area contributed by atoms with Gasteiger partial charge >= 0.3 is 0 Å². The highest BCUT2D eigenvalue weighted by Gasteiger charge is 2.15. The zero-order valence-electron chi connectivity index (χ0n) is 14.7. The molecule has 0 bridgehead atoms. The van der Waals surface area contributed by atoms with Crippen LogP contribution in [0.5, 0.6) is 0 Å². The van der Waals surface area contributed by atoms with Crippen molar-refractivity contribution >= 4 is 22.0 Å². The van der Waals surface area contributed by atoms with E-state index in [1.807, 2.05) is 24.3 Å². The van der Waals surface area contributed by atoms with Gasteiger partial charge in [-0.1, -0.05) is 50.2 Å². The van der Waals surface area contributed by atoms with E-state index < -0.39 is 0 Å². The summed E-state index contributed by atoms with van der Waals surface area (Å²) in [5, 5.41) is 0. The Morgan fingerprint density at radius 1 is 0.960 bits per heavy atom. The maximum atomic E-state index is 5.79. The Balaban J connectivity index is 1.81.